The number of carbonyl (C=O) groups is 1. The van der Waals surface area contributed by atoms with Crippen LogP contribution in [-0.2, 0) is 0 Å². The normalized spacial score (nSPS) is 10.8. The molecule has 0 radical (unpaired) electrons. The molecule has 0 unspecified atom stereocenters. The van der Waals surface area contributed by atoms with Gasteiger partial charge in [0.05, 0.1) is 18.4 Å². The Morgan fingerprint density at radius 1 is 1.17 bits per heavy atom. The van der Waals surface area contributed by atoms with Crippen LogP contribution in [0.3, 0.4) is 0 Å². The number of methoxy groups -OCH3 is 1. The number of pyridine rings is 1. The number of aromatic carboxylic acids is 1. The lowest BCUT2D eigenvalue weighted by Gasteiger charge is -2.12. The molecule has 6 heteroatoms. The first-order valence-corrected chi connectivity index (χ1v) is 7.09. The highest BCUT2D eigenvalue weighted by Gasteiger charge is 2.18. The second kappa shape index (κ2) is 5.88. The van der Waals surface area contributed by atoms with Crippen LogP contribution in [0.5, 0.6) is 5.75 Å². The van der Waals surface area contributed by atoms with Crippen molar-refractivity contribution < 1.29 is 23.4 Å². The topological polar surface area (TPSA) is 59.4 Å². The van der Waals surface area contributed by atoms with Gasteiger partial charge in [0, 0.05) is 17.0 Å². The van der Waals surface area contributed by atoms with Gasteiger partial charge < -0.3 is 9.84 Å². The smallest absolute Gasteiger partial charge is 0.336 e. The van der Waals surface area contributed by atoms with Crippen molar-refractivity contribution in [2.75, 3.05) is 7.11 Å². The number of hydrogen-bond donors (Lipinski definition) is 1. The molecule has 0 aliphatic heterocycles. The summed E-state index contributed by atoms with van der Waals surface area (Å²) in [5.74, 6) is -2.59. The number of nitrogens with zero attached hydrogens (tertiary/aromatic N) is 1. The predicted molar refractivity (Wildman–Crippen MR) is 85.3 cm³/mol. The second-order valence-corrected chi connectivity index (χ2v) is 5.35. The molecule has 1 N–H and O–H groups in total. The average molecular weight is 329 g/mol. The third-order valence-electron chi connectivity index (χ3n) is 3.69. The zero-order valence-electron chi connectivity index (χ0n) is 12.9. The van der Waals surface area contributed by atoms with Crippen LogP contribution in [0.2, 0.25) is 0 Å². The lowest BCUT2D eigenvalue weighted by atomic mass is 10.0. The molecule has 0 bridgehead atoms. The van der Waals surface area contributed by atoms with Crippen LogP contribution in [0.1, 0.15) is 15.9 Å². The fraction of sp³-hybridized carbons (Fsp3) is 0.111. The number of halogens is 2. The molecule has 0 fully saturated rings. The van der Waals surface area contributed by atoms with Crippen molar-refractivity contribution in [3.05, 3.63) is 59.2 Å². The lowest BCUT2D eigenvalue weighted by Crippen LogP contribution is -2.02. The van der Waals surface area contributed by atoms with Crippen molar-refractivity contribution in [1.29, 1.82) is 0 Å². The Hall–Kier alpha value is -3.02. The van der Waals surface area contributed by atoms with Gasteiger partial charge in [-0.3, -0.25) is 0 Å². The van der Waals surface area contributed by atoms with Gasteiger partial charge in [0.25, 0.3) is 0 Å². The van der Waals surface area contributed by atoms with Crippen molar-refractivity contribution in [2.45, 2.75) is 6.92 Å². The summed E-state index contributed by atoms with van der Waals surface area (Å²) in [7, 11) is 1.48. The summed E-state index contributed by atoms with van der Waals surface area (Å²) in [4.78, 5) is 15.7. The Kier molecular flexibility index (Phi) is 3.89. The first-order chi connectivity index (χ1) is 11.4. The first-order valence-electron chi connectivity index (χ1n) is 7.09. The van der Waals surface area contributed by atoms with Crippen LogP contribution >= 0.6 is 0 Å². The van der Waals surface area contributed by atoms with Crippen LogP contribution in [-0.4, -0.2) is 23.2 Å². The van der Waals surface area contributed by atoms with E-state index in [4.69, 9.17) is 4.74 Å². The van der Waals surface area contributed by atoms with Gasteiger partial charge in [0.1, 0.15) is 17.1 Å². The van der Waals surface area contributed by atoms with Crippen molar-refractivity contribution in [3.8, 4) is 17.0 Å². The zero-order chi connectivity index (χ0) is 17.4. The van der Waals surface area contributed by atoms with E-state index in [0.717, 1.165) is 11.6 Å². The van der Waals surface area contributed by atoms with Gasteiger partial charge >= 0.3 is 5.97 Å². The molecule has 3 aromatic rings. The average Bonchev–Trinajstić information content (AvgIpc) is 2.53. The molecule has 2 aromatic carbocycles. The maximum atomic E-state index is 14.1. The molecule has 0 saturated carbocycles. The molecule has 0 spiro atoms. The van der Waals surface area contributed by atoms with Gasteiger partial charge in [-0.15, -0.1) is 0 Å². The van der Waals surface area contributed by atoms with Crippen LogP contribution < -0.4 is 4.74 Å². The number of aromatic nitrogens is 1. The molecule has 0 aliphatic rings. The number of rotatable bonds is 3. The van der Waals surface area contributed by atoms with Gasteiger partial charge in [0.15, 0.2) is 5.82 Å². The van der Waals surface area contributed by atoms with E-state index in [1.807, 2.05) is 13.0 Å². The molecular formula is C18H13F2NO3. The quantitative estimate of drug-likeness (QED) is 0.782. The second-order valence-electron chi connectivity index (χ2n) is 5.35. The van der Waals surface area contributed by atoms with E-state index in [1.54, 1.807) is 12.1 Å². The van der Waals surface area contributed by atoms with E-state index in [0.29, 0.717) is 17.4 Å². The highest BCUT2D eigenvalue weighted by Crippen LogP contribution is 2.33. The maximum Gasteiger partial charge on any atom is 0.336 e. The van der Waals surface area contributed by atoms with Crippen molar-refractivity contribution in [3.63, 3.8) is 0 Å². The predicted octanol–water partition coefficient (Wildman–Crippen LogP) is 4.20. The summed E-state index contributed by atoms with van der Waals surface area (Å²) >= 11 is 0. The Morgan fingerprint density at radius 3 is 2.58 bits per heavy atom. The molecule has 1 heterocycles. The molecule has 4 nitrogen and oxygen atoms in total. The van der Waals surface area contributed by atoms with E-state index >= 15 is 0 Å². The number of aryl methyl sites for hydroxylation is 1. The molecule has 24 heavy (non-hydrogen) atoms. The van der Waals surface area contributed by atoms with Gasteiger partial charge in [-0.05, 0) is 31.2 Å². The zero-order valence-corrected chi connectivity index (χ0v) is 12.9. The molecule has 1 aromatic heterocycles. The van der Waals surface area contributed by atoms with Gasteiger partial charge in [-0.2, -0.15) is 0 Å². The Morgan fingerprint density at radius 2 is 1.92 bits per heavy atom. The minimum Gasteiger partial charge on any atom is -0.496 e. The Balaban J connectivity index is 2.39. The number of carboxylic acids is 1. The summed E-state index contributed by atoms with van der Waals surface area (Å²) in [5, 5.41) is 9.33. The molecule has 0 amide bonds. The minimum absolute atomic E-state index is 0.0876. The summed E-state index contributed by atoms with van der Waals surface area (Å²) in [5.41, 5.74) is 1.26. The highest BCUT2D eigenvalue weighted by atomic mass is 19.1. The highest BCUT2D eigenvalue weighted by molar-refractivity contribution is 6.04. The van der Waals surface area contributed by atoms with Crippen molar-refractivity contribution >= 4 is 16.9 Å². The summed E-state index contributed by atoms with van der Waals surface area (Å²) < 4.78 is 32.9. The monoisotopic (exact) mass is 329 g/mol. The van der Waals surface area contributed by atoms with Gasteiger partial charge in [-0.25, -0.2) is 18.6 Å². The lowest BCUT2D eigenvalue weighted by molar-refractivity contribution is 0.0699. The minimum atomic E-state index is -1.29. The molecule has 0 saturated heterocycles. The van der Waals surface area contributed by atoms with Crippen LogP contribution in [0.15, 0.2) is 36.4 Å². The number of benzene rings is 2. The summed E-state index contributed by atoms with van der Waals surface area (Å²) in [6.45, 7) is 1.86. The van der Waals surface area contributed by atoms with E-state index in [9.17, 15) is 18.7 Å². The van der Waals surface area contributed by atoms with Crippen LogP contribution in [0.4, 0.5) is 8.78 Å². The maximum absolute atomic E-state index is 14.1. The fourth-order valence-electron chi connectivity index (χ4n) is 2.59. The third-order valence-corrected chi connectivity index (χ3v) is 3.69. The van der Waals surface area contributed by atoms with E-state index in [-0.39, 0.29) is 22.2 Å². The van der Waals surface area contributed by atoms with Crippen molar-refractivity contribution in [2.24, 2.45) is 0 Å². The standard InChI is InChI=1S/C18H13F2NO3/c1-9-3-4-16(24-2)13(5-9)15-8-12(18(22)23)11-6-10(19)7-14(20)17(11)21-15/h3-8H,1-2H3,(H,22,23). The van der Waals surface area contributed by atoms with E-state index in [2.05, 4.69) is 4.98 Å². The number of fused-ring (bicyclic) bond motifs is 1. The molecule has 0 atom stereocenters. The van der Waals surface area contributed by atoms with E-state index in [1.165, 1.54) is 13.2 Å². The van der Waals surface area contributed by atoms with Crippen LogP contribution in [0.25, 0.3) is 22.2 Å². The number of ether oxygens (including phenoxy) is 1. The molecule has 3 rings (SSSR count). The number of hydrogen-bond acceptors (Lipinski definition) is 3. The van der Waals surface area contributed by atoms with Gasteiger partial charge in [-0.1, -0.05) is 11.6 Å². The Labute approximate surface area is 136 Å². The fourth-order valence-corrected chi connectivity index (χ4v) is 2.59. The first kappa shape index (κ1) is 15.9. The molecule has 122 valence electrons. The largest absolute Gasteiger partial charge is 0.496 e. The Bertz CT molecular complexity index is 970. The molecule has 0 aliphatic carbocycles. The molecular weight excluding hydrogens is 316 g/mol. The summed E-state index contributed by atoms with van der Waals surface area (Å²) in [6, 6.07) is 8.25. The van der Waals surface area contributed by atoms with E-state index < -0.39 is 17.6 Å². The van der Waals surface area contributed by atoms with Gasteiger partial charge in [0.2, 0.25) is 0 Å². The SMILES string of the molecule is COc1ccc(C)cc1-c1cc(C(=O)O)c2cc(F)cc(F)c2n1. The van der Waals surface area contributed by atoms with Crippen molar-refractivity contribution in [1.82, 2.24) is 4.98 Å². The summed E-state index contributed by atoms with van der Waals surface area (Å²) in [6.07, 6.45) is 0. The van der Waals surface area contributed by atoms with Crippen LogP contribution in [0, 0.1) is 18.6 Å². The number of carboxylic acid groups (broad SMARTS) is 1. The third kappa shape index (κ3) is 2.67.